The molecule has 2 N–H and O–H groups in total. The summed E-state index contributed by atoms with van der Waals surface area (Å²) >= 11 is 1.04. The SMILES string of the molecule is O=C(O)CSCC(=O)N1CCCC(S(=O)(=O)NC2CCCC2)C1. The third-order valence-electron chi connectivity index (χ3n) is 4.31. The van der Waals surface area contributed by atoms with E-state index in [-0.39, 0.29) is 30.0 Å². The third-order valence-corrected chi connectivity index (χ3v) is 7.13. The summed E-state index contributed by atoms with van der Waals surface area (Å²) in [6, 6.07) is 0.0391. The highest BCUT2D eigenvalue weighted by atomic mass is 32.2. The van der Waals surface area contributed by atoms with Crippen LogP contribution in [0.1, 0.15) is 38.5 Å². The molecule has 1 unspecified atom stereocenters. The van der Waals surface area contributed by atoms with Crippen LogP contribution >= 0.6 is 11.8 Å². The lowest BCUT2D eigenvalue weighted by Gasteiger charge is -2.33. The number of hydrogen-bond acceptors (Lipinski definition) is 5. The molecule has 2 rings (SSSR count). The van der Waals surface area contributed by atoms with Crippen molar-refractivity contribution in [2.75, 3.05) is 24.6 Å². The monoisotopic (exact) mass is 364 g/mol. The maximum absolute atomic E-state index is 12.5. The summed E-state index contributed by atoms with van der Waals surface area (Å²) in [5.74, 6) is -1.18. The highest BCUT2D eigenvalue weighted by molar-refractivity contribution is 8.00. The molecule has 1 amide bonds. The van der Waals surface area contributed by atoms with Crippen LogP contribution in [0.4, 0.5) is 0 Å². The number of carboxylic acid groups (broad SMARTS) is 1. The van der Waals surface area contributed by atoms with E-state index in [1.54, 1.807) is 4.90 Å². The Bertz CT molecular complexity index is 531. The van der Waals surface area contributed by atoms with Gasteiger partial charge in [-0.05, 0) is 25.7 Å². The topological polar surface area (TPSA) is 104 Å². The molecular formula is C14H24N2O5S2. The highest BCUT2D eigenvalue weighted by Gasteiger charge is 2.34. The summed E-state index contributed by atoms with van der Waals surface area (Å²) < 4.78 is 27.8. The van der Waals surface area contributed by atoms with E-state index in [9.17, 15) is 18.0 Å². The number of nitrogens with zero attached hydrogens (tertiary/aromatic N) is 1. The lowest BCUT2D eigenvalue weighted by molar-refractivity contribution is -0.133. The van der Waals surface area contributed by atoms with Gasteiger partial charge in [0.2, 0.25) is 15.9 Å². The maximum Gasteiger partial charge on any atom is 0.313 e. The number of hydrogen-bond donors (Lipinski definition) is 2. The van der Waals surface area contributed by atoms with Crippen LogP contribution < -0.4 is 4.72 Å². The molecule has 0 bridgehead atoms. The van der Waals surface area contributed by atoms with Crippen molar-refractivity contribution < 1.29 is 23.1 Å². The lowest BCUT2D eigenvalue weighted by atomic mass is 10.1. The predicted octanol–water partition coefficient (Wildman–Crippen LogP) is 0.657. The molecule has 1 saturated carbocycles. The summed E-state index contributed by atoms with van der Waals surface area (Å²) in [5, 5.41) is 8.02. The van der Waals surface area contributed by atoms with Crippen molar-refractivity contribution in [3.63, 3.8) is 0 Å². The molecule has 132 valence electrons. The van der Waals surface area contributed by atoms with E-state index in [0.717, 1.165) is 37.4 Å². The van der Waals surface area contributed by atoms with E-state index in [4.69, 9.17) is 5.11 Å². The largest absolute Gasteiger partial charge is 0.481 e. The van der Waals surface area contributed by atoms with Gasteiger partial charge in [-0.1, -0.05) is 12.8 Å². The normalized spacial score (nSPS) is 23.1. The van der Waals surface area contributed by atoms with Crippen LogP contribution in [0.3, 0.4) is 0 Å². The predicted molar refractivity (Wildman–Crippen MR) is 88.9 cm³/mol. The molecule has 0 spiro atoms. The molecule has 1 heterocycles. The molecule has 0 aromatic carbocycles. The van der Waals surface area contributed by atoms with Crippen molar-refractivity contribution in [2.45, 2.75) is 49.8 Å². The molecule has 1 atom stereocenters. The van der Waals surface area contributed by atoms with Crippen molar-refractivity contribution >= 4 is 33.7 Å². The second kappa shape index (κ2) is 8.34. The second-order valence-electron chi connectivity index (χ2n) is 6.13. The Kier molecular flexibility index (Phi) is 6.72. The summed E-state index contributed by atoms with van der Waals surface area (Å²) in [6.07, 6.45) is 5.12. The van der Waals surface area contributed by atoms with E-state index in [2.05, 4.69) is 4.72 Å². The van der Waals surface area contributed by atoms with Crippen LogP contribution in [0, 0.1) is 0 Å². The van der Waals surface area contributed by atoms with Gasteiger partial charge in [-0.25, -0.2) is 13.1 Å². The van der Waals surface area contributed by atoms with Gasteiger partial charge in [-0.2, -0.15) is 0 Å². The number of rotatable bonds is 7. The molecule has 1 aliphatic carbocycles. The molecule has 7 nitrogen and oxygen atoms in total. The van der Waals surface area contributed by atoms with Crippen molar-refractivity contribution in [1.82, 2.24) is 9.62 Å². The van der Waals surface area contributed by atoms with E-state index in [1.165, 1.54) is 0 Å². The number of carbonyl (C=O) groups is 2. The summed E-state index contributed by atoms with van der Waals surface area (Å²) in [7, 11) is -3.41. The molecule has 2 fully saturated rings. The average molecular weight is 364 g/mol. The summed E-state index contributed by atoms with van der Waals surface area (Å²) in [4.78, 5) is 24.1. The van der Waals surface area contributed by atoms with Crippen LogP contribution in [0.2, 0.25) is 0 Å². The Labute approximate surface area is 141 Å². The number of piperidine rings is 1. The second-order valence-corrected chi connectivity index (χ2v) is 9.11. The zero-order valence-electron chi connectivity index (χ0n) is 13.1. The fourth-order valence-corrected chi connectivity index (χ4v) is 5.49. The first-order chi connectivity index (χ1) is 10.9. The van der Waals surface area contributed by atoms with E-state index in [1.807, 2.05) is 0 Å². The average Bonchev–Trinajstić information content (AvgIpc) is 2.99. The molecule has 23 heavy (non-hydrogen) atoms. The highest BCUT2D eigenvalue weighted by Crippen LogP contribution is 2.22. The van der Waals surface area contributed by atoms with Crippen molar-refractivity contribution in [3.8, 4) is 0 Å². The van der Waals surface area contributed by atoms with Crippen LogP contribution in [-0.4, -0.2) is 66.2 Å². The Morgan fingerprint density at radius 2 is 1.83 bits per heavy atom. The zero-order chi connectivity index (χ0) is 16.9. The maximum atomic E-state index is 12.5. The third kappa shape index (κ3) is 5.65. The molecule has 0 aromatic rings. The smallest absolute Gasteiger partial charge is 0.313 e. The fraction of sp³-hybridized carbons (Fsp3) is 0.857. The van der Waals surface area contributed by atoms with E-state index >= 15 is 0 Å². The number of carbonyl (C=O) groups excluding carboxylic acids is 1. The molecule has 9 heteroatoms. The number of likely N-dealkylation sites (tertiary alicyclic amines) is 1. The number of amides is 1. The van der Waals surface area contributed by atoms with Gasteiger partial charge in [-0.3, -0.25) is 9.59 Å². The minimum Gasteiger partial charge on any atom is -0.481 e. The van der Waals surface area contributed by atoms with Crippen LogP contribution in [0.25, 0.3) is 0 Å². The molecule has 0 radical (unpaired) electrons. The van der Waals surface area contributed by atoms with Gasteiger partial charge in [-0.15, -0.1) is 11.8 Å². The Balaban J connectivity index is 1.86. The standard InChI is InChI=1S/C14H24N2O5S2/c17-13(9-22-10-14(18)19)16-7-3-6-12(8-16)23(20,21)15-11-4-1-2-5-11/h11-12,15H,1-10H2,(H,18,19). The number of thioether (sulfide) groups is 1. The Morgan fingerprint density at radius 1 is 1.13 bits per heavy atom. The van der Waals surface area contributed by atoms with Crippen molar-refractivity contribution in [1.29, 1.82) is 0 Å². The fourth-order valence-electron chi connectivity index (χ4n) is 3.11. The number of aliphatic carboxylic acids is 1. The first-order valence-corrected chi connectivity index (χ1v) is 10.7. The minimum atomic E-state index is -3.41. The van der Waals surface area contributed by atoms with Gasteiger partial charge in [0.1, 0.15) is 0 Å². The lowest BCUT2D eigenvalue weighted by Crippen LogP contribution is -2.50. The summed E-state index contributed by atoms with van der Waals surface area (Å²) in [5.41, 5.74) is 0. The van der Waals surface area contributed by atoms with Gasteiger partial charge >= 0.3 is 5.97 Å². The zero-order valence-corrected chi connectivity index (χ0v) is 14.7. The van der Waals surface area contributed by atoms with Crippen molar-refractivity contribution in [3.05, 3.63) is 0 Å². The number of nitrogens with one attached hydrogen (secondary N) is 1. The quantitative estimate of drug-likeness (QED) is 0.688. The molecule has 1 saturated heterocycles. The van der Waals surface area contributed by atoms with Gasteiger partial charge in [0.25, 0.3) is 0 Å². The van der Waals surface area contributed by atoms with E-state index in [0.29, 0.717) is 19.4 Å². The number of carboxylic acids is 1. The molecular weight excluding hydrogens is 340 g/mol. The van der Waals surface area contributed by atoms with Gasteiger partial charge < -0.3 is 10.0 Å². The minimum absolute atomic E-state index is 0.0391. The van der Waals surface area contributed by atoms with Crippen LogP contribution in [0.5, 0.6) is 0 Å². The van der Waals surface area contributed by atoms with Gasteiger partial charge in [0.05, 0.1) is 16.8 Å². The molecule has 0 aromatic heterocycles. The Hall–Kier alpha value is -0.800. The summed E-state index contributed by atoms with van der Waals surface area (Å²) in [6.45, 7) is 0.746. The van der Waals surface area contributed by atoms with E-state index < -0.39 is 21.2 Å². The van der Waals surface area contributed by atoms with Crippen LogP contribution in [-0.2, 0) is 19.6 Å². The molecule has 2 aliphatic rings. The first kappa shape index (κ1) is 18.5. The van der Waals surface area contributed by atoms with Gasteiger partial charge in [0, 0.05) is 19.1 Å². The number of sulfonamides is 1. The molecule has 1 aliphatic heterocycles. The van der Waals surface area contributed by atoms with Crippen molar-refractivity contribution in [2.24, 2.45) is 0 Å². The Morgan fingerprint density at radius 3 is 2.48 bits per heavy atom. The van der Waals surface area contributed by atoms with Gasteiger partial charge in [0.15, 0.2) is 0 Å². The first-order valence-electron chi connectivity index (χ1n) is 7.97. The van der Waals surface area contributed by atoms with Crippen LogP contribution in [0.15, 0.2) is 0 Å².